The molecule has 2 N–H and O–H groups in total. The number of hydrogen-bond donors (Lipinski definition) is 2. The number of rotatable bonds is 26. The first kappa shape index (κ1) is 48.7. The van der Waals surface area contributed by atoms with Crippen molar-refractivity contribution in [2.75, 3.05) is 33.5 Å². The minimum Gasteiger partial charge on any atom is -0.459 e. The number of aliphatic hydroxyl groups excluding tert-OH is 2. The highest BCUT2D eigenvalue weighted by Gasteiger charge is 2.65. The molecule has 10 nitrogen and oxygen atoms in total. The Labute approximate surface area is 388 Å². The Hall–Kier alpha value is -4.22. The average molecular weight is 893 g/mol. The van der Waals surface area contributed by atoms with Crippen molar-refractivity contribution in [1.29, 1.82) is 0 Å². The summed E-state index contributed by atoms with van der Waals surface area (Å²) in [6.07, 6.45) is 22.8. The van der Waals surface area contributed by atoms with Gasteiger partial charge in [0.15, 0.2) is 0 Å². The Balaban J connectivity index is 1.30. The van der Waals surface area contributed by atoms with Gasteiger partial charge in [-0.25, -0.2) is 0 Å². The number of ether oxygens (including phenoxy) is 4. The van der Waals surface area contributed by atoms with Crippen LogP contribution in [-0.2, 0) is 19.1 Å². The molecule has 3 aromatic rings. The smallest absolute Gasteiger partial charge is 0.239 e. The van der Waals surface area contributed by atoms with Gasteiger partial charge < -0.3 is 38.9 Å². The Kier molecular flexibility index (Phi) is 18.4. The second kappa shape index (κ2) is 24.5. The third-order valence-electron chi connectivity index (χ3n) is 14.4. The zero-order valence-electron chi connectivity index (χ0n) is 39.3. The summed E-state index contributed by atoms with van der Waals surface area (Å²) in [5.41, 5.74) is 2.83. The van der Waals surface area contributed by atoms with Gasteiger partial charge in [0.1, 0.15) is 23.3 Å². The van der Waals surface area contributed by atoms with E-state index in [1.54, 1.807) is 6.08 Å². The maximum absolute atomic E-state index is 14.5. The van der Waals surface area contributed by atoms with Crippen LogP contribution in [0, 0.1) is 17.8 Å². The van der Waals surface area contributed by atoms with Crippen molar-refractivity contribution < 1.29 is 38.8 Å². The molecule has 4 aliphatic rings. The summed E-state index contributed by atoms with van der Waals surface area (Å²) in [4.78, 5) is 22.7. The minimum atomic E-state index is -1.28. The molecular formula is C55H76N2O8. The van der Waals surface area contributed by atoms with Gasteiger partial charge in [0.2, 0.25) is 18.0 Å². The van der Waals surface area contributed by atoms with Crippen LogP contribution in [0.3, 0.4) is 0 Å². The number of carbonyl (C=O) groups is 1. The topological polar surface area (TPSA) is 119 Å². The summed E-state index contributed by atoms with van der Waals surface area (Å²) in [7, 11) is 1.91. The van der Waals surface area contributed by atoms with Crippen LogP contribution in [0.2, 0.25) is 0 Å². The van der Waals surface area contributed by atoms with Crippen molar-refractivity contribution in [3.63, 3.8) is 0 Å². The molecule has 2 aliphatic heterocycles. The highest BCUT2D eigenvalue weighted by molar-refractivity contribution is 6.03. The number of hydrogen-bond acceptors (Lipinski definition) is 9. The monoisotopic (exact) mass is 893 g/mol. The first-order valence-corrected chi connectivity index (χ1v) is 25.2. The molecule has 2 fully saturated rings. The number of likely N-dealkylation sites (N-methyl/N-ethyl adjacent to an activating group) is 1. The number of allylic oxidation sites excluding steroid dienone is 1. The molecule has 0 radical (unpaired) electrons. The molecule has 7 rings (SSSR count). The van der Waals surface area contributed by atoms with Gasteiger partial charge in [-0.3, -0.25) is 4.79 Å². The van der Waals surface area contributed by atoms with Crippen LogP contribution in [0.5, 0.6) is 17.2 Å². The van der Waals surface area contributed by atoms with Crippen molar-refractivity contribution in [3.8, 4) is 17.2 Å². The van der Waals surface area contributed by atoms with Crippen LogP contribution in [0.25, 0.3) is 10.8 Å². The standard InChI is InChI=1S/C55H76N2O8/c1-4-6-7-8-9-10-11-12-13-26-51(60)57(3)50-39-48(56-65-52-27-18-21-35-61-52)46-37-42(24-16-19-32-58)45(25-17-20-33-59)53-47-38-44(63-43-29-28-40-22-14-15-23-41(40)36-43)30-31-49(47)64-55(50,54(46)53)62-34-5-2/h5,14-15,22-23,28-31,36-38,42,45,50,52-54,58-59H,2,4,6-13,16-21,24-27,32-35,39H2,1,3H3/t42-,45+,50-,52?,53+,54+,55+/m0/s1. The van der Waals surface area contributed by atoms with Crippen LogP contribution >= 0.6 is 0 Å². The zero-order chi connectivity index (χ0) is 45.4. The van der Waals surface area contributed by atoms with Crippen LogP contribution < -0.4 is 9.47 Å². The Bertz CT molecular complexity index is 2040. The van der Waals surface area contributed by atoms with Crippen LogP contribution in [0.15, 0.2) is 90.1 Å². The lowest BCUT2D eigenvalue weighted by molar-refractivity contribution is -0.256. The van der Waals surface area contributed by atoms with E-state index in [1.165, 1.54) is 38.5 Å². The van der Waals surface area contributed by atoms with Gasteiger partial charge in [-0.1, -0.05) is 119 Å². The van der Waals surface area contributed by atoms with Crippen molar-refractivity contribution in [1.82, 2.24) is 4.90 Å². The van der Waals surface area contributed by atoms with E-state index in [9.17, 15) is 15.0 Å². The largest absolute Gasteiger partial charge is 0.459 e. The summed E-state index contributed by atoms with van der Waals surface area (Å²) in [6, 6.07) is 20.0. The summed E-state index contributed by atoms with van der Waals surface area (Å²) in [5.74, 6) is 0.663. The first-order valence-electron chi connectivity index (χ1n) is 25.2. The number of amides is 1. The van der Waals surface area contributed by atoms with Crippen molar-refractivity contribution >= 4 is 22.4 Å². The number of nitrogens with zero attached hydrogens (tertiary/aromatic N) is 2. The summed E-state index contributed by atoms with van der Waals surface area (Å²) >= 11 is 0. The van der Waals surface area contributed by atoms with E-state index in [2.05, 4.69) is 49.9 Å². The maximum atomic E-state index is 14.5. The SMILES string of the molecule is C=CCO[C@@]12Oc3ccc(Oc4ccc5ccccc5c4)cc3[C@H]3[C@H](CCCCO)[C@@H](CCCCO)C=C(C(=NOC4CCCCO4)C[C@@H]1N(C)C(=O)CCCCCCCCCCC)[C@H]32. The van der Waals surface area contributed by atoms with Crippen molar-refractivity contribution in [2.24, 2.45) is 22.9 Å². The van der Waals surface area contributed by atoms with Gasteiger partial charge >= 0.3 is 0 Å². The van der Waals surface area contributed by atoms with Crippen molar-refractivity contribution in [3.05, 3.63) is 90.5 Å². The van der Waals surface area contributed by atoms with Gasteiger partial charge in [0, 0.05) is 51.0 Å². The molecule has 10 heteroatoms. The van der Waals surface area contributed by atoms with Crippen molar-refractivity contribution in [2.45, 2.75) is 159 Å². The van der Waals surface area contributed by atoms with E-state index in [0.29, 0.717) is 43.8 Å². The predicted molar refractivity (Wildman–Crippen MR) is 258 cm³/mol. The third-order valence-corrected chi connectivity index (χ3v) is 14.4. The van der Waals surface area contributed by atoms with E-state index in [4.69, 9.17) is 28.9 Å². The number of unbranched alkanes of at least 4 members (excludes halogenated alkanes) is 10. The van der Waals surface area contributed by atoms with Gasteiger partial charge in [0.05, 0.1) is 24.8 Å². The molecular weight excluding hydrogens is 817 g/mol. The molecule has 0 aromatic heterocycles. The molecule has 1 saturated heterocycles. The normalized spacial score (nSPS) is 25.3. The van der Waals surface area contributed by atoms with E-state index >= 15 is 0 Å². The van der Waals surface area contributed by atoms with Gasteiger partial charge in [-0.05, 0) is 103 Å². The van der Waals surface area contributed by atoms with E-state index in [1.807, 2.05) is 42.3 Å². The zero-order valence-corrected chi connectivity index (χ0v) is 39.3. The van der Waals surface area contributed by atoms with Gasteiger partial charge in [-0.2, -0.15) is 0 Å². The number of carbonyl (C=O) groups excluding carboxylic acids is 1. The Morgan fingerprint density at radius 2 is 1.60 bits per heavy atom. The maximum Gasteiger partial charge on any atom is 0.239 e. The highest BCUT2D eigenvalue weighted by Crippen LogP contribution is 2.62. The fraction of sp³-hybridized carbons (Fsp3) is 0.600. The molecule has 354 valence electrons. The summed E-state index contributed by atoms with van der Waals surface area (Å²) < 4.78 is 27.2. The van der Waals surface area contributed by atoms with E-state index in [-0.39, 0.29) is 49.4 Å². The second-order valence-electron chi connectivity index (χ2n) is 18.9. The fourth-order valence-corrected chi connectivity index (χ4v) is 11.0. The van der Waals surface area contributed by atoms with Crippen LogP contribution in [-0.4, -0.2) is 78.3 Å². The van der Waals surface area contributed by atoms with Gasteiger partial charge in [-0.15, -0.1) is 6.58 Å². The second-order valence-corrected chi connectivity index (χ2v) is 18.9. The Morgan fingerprint density at radius 3 is 2.34 bits per heavy atom. The molecule has 7 atom stereocenters. The molecule has 0 spiro atoms. The highest BCUT2D eigenvalue weighted by atomic mass is 16.8. The number of aliphatic hydroxyl groups is 2. The lowest BCUT2D eigenvalue weighted by Crippen LogP contribution is -2.69. The minimum absolute atomic E-state index is 0.0603. The molecule has 1 amide bonds. The molecule has 2 heterocycles. The molecule has 0 bridgehead atoms. The Morgan fingerprint density at radius 1 is 0.877 bits per heavy atom. The quantitative estimate of drug-likeness (QED) is 0.0465. The fourth-order valence-electron chi connectivity index (χ4n) is 11.0. The molecule has 3 aromatic carbocycles. The molecule has 2 aliphatic carbocycles. The first-order chi connectivity index (χ1) is 31.9. The molecule has 1 unspecified atom stereocenters. The average Bonchev–Trinajstić information content (AvgIpc) is 3.33. The van der Waals surface area contributed by atoms with E-state index < -0.39 is 18.1 Å². The summed E-state index contributed by atoms with van der Waals surface area (Å²) in [5, 5.41) is 27.2. The van der Waals surface area contributed by atoms with Crippen LogP contribution in [0.1, 0.15) is 147 Å². The predicted octanol–water partition coefficient (Wildman–Crippen LogP) is 12.2. The number of fused-ring (bicyclic) bond motifs is 3. The third kappa shape index (κ3) is 12.0. The number of oxime groups is 1. The van der Waals surface area contributed by atoms with Crippen LogP contribution in [0.4, 0.5) is 0 Å². The molecule has 1 saturated carbocycles. The number of benzene rings is 3. The summed E-state index contributed by atoms with van der Waals surface area (Å²) in [6.45, 7) is 7.45. The lowest BCUT2D eigenvalue weighted by Gasteiger charge is -2.59. The van der Waals surface area contributed by atoms with E-state index in [0.717, 1.165) is 97.6 Å². The molecule has 65 heavy (non-hydrogen) atoms. The lowest BCUT2D eigenvalue weighted by atomic mass is 9.55. The van der Waals surface area contributed by atoms with Gasteiger partial charge in [0.25, 0.3) is 0 Å².